The van der Waals surface area contributed by atoms with Crippen molar-refractivity contribution >= 4 is 22.9 Å². The number of hydrogen-bond acceptors (Lipinski definition) is 5. The van der Waals surface area contributed by atoms with E-state index in [-0.39, 0.29) is 18.3 Å². The second-order valence-electron chi connectivity index (χ2n) is 6.29. The van der Waals surface area contributed by atoms with Crippen LogP contribution in [-0.4, -0.2) is 48.0 Å². The number of methoxy groups -OCH3 is 1. The lowest BCUT2D eigenvalue weighted by Crippen LogP contribution is -2.45. The van der Waals surface area contributed by atoms with E-state index in [1.807, 2.05) is 36.4 Å². The van der Waals surface area contributed by atoms with E-state index in [0.717, 1.165) is 22.3 Å². The van der Waals surface area contributed by atoms with Gasteiger partial charge in [0, 0.05) is 23.0 Å². The lowest BCUT2D eigenvalue weighted by atomic mass is 9.98. The molecule has 1 N–H and O–H groups in total. The van der Waals surface area contributed by atoms with Crippen LogP contribution in [0.2, 0.25) is 0 Å². The molecule has 1 aliphatic carbocycles. The van der Waals surface area contributed by atoms with Crippen molar-refractivity contribution in [3.63, 3.8) is 0 Å². The first kappa shape index (κ1) is 19.1. The third-order valence-corrected chi connectivity index (χ3v) is 5.33. The minimum Gasteiger partial charge on any atom is -0.467 e. The predicted octanol–water partition coefficient (Wildman–Crippen LogP) is 2.45. The minimum absolute atomic E-state index is 0.0309. The normalized spacial score (nSPS) is 14.6. The SMILES string of the molecule is COC(=O)[C@H](CS(C)=O)NC(=O)OCC1c2ccccc2-c2ccccc21. The summed E-state index contributed by atoms with van der Waals surface area (Å²) in [4.78, 5) is 23.9. The Morgan fingerprint density at radius 1 is 1.07 bits per heavy atom. The van der Waals surface area contributed by atoms with E-state index in [0.29, 0.717) is 0 Å². The number of carbonyl (C=O) groups excluding carboxylic acids is 2. The summed E-state index contributed by atoms with van der Waals surface area (Å²) in [5.74, 6) is -0.754. The van der Waals surface area contributed by atoms with Crippen LogP contribution in [0.4, 0.5) is 4.79 Å². The molecule has 3 rings (SSSR count). The maximum absolute atomic E-state index is 12.2. The van der Waals surface area contributed by atoms with Crippen molar-refractivity contribution in [1.29, 1.82) is 0 Å². The third kappa shape index (κ3) is 4.19. The Labute approximate surface area is 160 Å². The smallest absolute Gasteiger partial charge is 0.407 e. The van der Waals surface area contributed by atoms with Gasteiger partial charge in [0.15, 0.2) is 0 Å². The van der Waals surface area contributed by atoms with E-state index < -0.39 is 28.9 Å². The number of amides is 1. The van der Waals surface area contributed by atoms with Crippen LogP contribution in [0, 0.1) is 0 Å². The quantitative estimate of drug-likeness (QED) is 0.770. The van der Waals surface area contributed by atoms with Crippen molar-refractivity contribution in [2.45, 2.75) is 12.0 Å². The Morgan fingerprint density at radius 2 is 1.63 bits per heavy atom. The van der Waals surface area contributed by atoms with Crippen LogP contribution < -0.4 is 5.32 Å². The Morgan fingerprint density at radius 3 is 2.15 bits per heavy atom. The summed E-state index contributed by atoms with van der Waals surface area (Å²) in [5, 5.41) is 2.44. The van der Waals surface area contributed by atoms with Gasteiger partial charge < -0.3 is 14.8 Å². The van der Waals surface area contributed by atoms with Gasteiger partial charge in [-0.15, -0.1) is 0 Å². The van der Waals surface area contributed by atoms with E-state index in [2.05, 4.69) is 22.2 Å². The number of esters is 1. The molecule has 142 valence electrons. The molecule has 0 aliphatic heterocycles. The molecule has 2 aromatic carbocycles. The lowest BCUT2D eigenvalue weighted by Gasteiger charge is -2.17. The van der Waals surface area contributed by atoms with Crippen LogP contribution in [-0.2, 0) is 25.1 Å². The van der Waals surface area contributed by atoms with Gasteiger partial charge in [-0.25, -0.2) is 9.59 Å². The number of carbonyl (C=O) groups is 2. The number of benzene rings is 2. The Kier molecular flexibility index (Phi) is 5.91. The first-order chi connectivity index (χ1) is 13.0. The molecule has 0 saturated carbocycles. The van der Waals surface area contributed by atoms with Crippen LogP contribution in [0.15, 0.2) is 48.5 Å². The highest BCUT2D eigenvalue weighted by molar-refractivity contribution is 7.84. The molecule has 27 heavy (non-hydrogen) atoms. The summed E-state index contributed by atoms with van der Waals surface area (Å²) in [6.07, 6.45) is 0.715. The Hall–Kier alpha value is -2.67. The topological polar surface area (TPSA) is 81.7 Å². The highest BCUT2D eigenvalue weighted by Crippen LogP contribution is 2.44. The van der Waals surface area contributed by atoms with E-state index in [1.165, 1.54) is 13.4 Å². The molecule has 0 spiro atoms. The average Bonchev–Trinajstić information content (AvgIpc) is 2.99. The summed E-state index contributed by atoms with van der Waals surface area (Å²) < 4.78 is 21.4. The van der Waals surface area contributed by atoms with Gasteiger partial charge in [-0.05, 0) is 22.3 Å². The van der Waals surface area contributed by atoms with E-state index in [9.17, 15) is 13.8 Å². The second kappa shape index (κ2) is 8.35. The molecule has 1 aliphatic rings. The van der Waals surface area contributed by atoms with Gasteiger partial charge in [0.1, 0.15) is 12.6 Å². The molecule has 1 unspecified atom stereocenters. The number of hydrogen-bond donors (Lipinski definition) is 1. The minimum atomic E-state index is -1.27. The molecule has 6 nitrogen and oxygen atoms in total. The van der Waals surface area contributed by atoms with Crippen molar-refractivity contribution < 1.29 is 23.3 Å². The van der Waals surface area contributed by atoms with Crippen LogP contribution in [0.5, 0.6) is 0 Å². The van der Waals surface area contributed by atoms with Crippen molar-refractivity contribution in [3.8, 4) is 11.1 Å². The second-order valence-corrected chi connectivity index (χ2v) is 7.77. The van der Waals surface area contributed by atoms with E-state index in [1.54, 1.807) is 0 Å². The molecule has 0 heterocycles. The van der Waals surface area contributed by atoms with Crippen molar-refractivity contribution in [2.24, 2.45) is 0 Å². The molecule has 0 aromatic heterocycles. The number of rotatable bonds is 6. The highest BCUT2D eigenvalue weighted by Gasteiger charge is 2.30. The van der Waals surface area contributed by atoms with Gasteiger partial charge in [-0.2, -0.15) is 0 Å². The summed E-state index contributed by atoms with van der Waals surface area (Å²) in [5.41, 5.74) is 4.48. The summed E-state index contributed by atoms with van der Waals surface area (Å²) in [7, 11) is -0.0552. The van der Waals surface area contributed by atoms with Crippen molar-refractivity contribution in [1.82, 2.24) is 5.32 Å². The highest BCUT2D eigenvalue weighted by atomic mass is 32.2. The van der Waals surface area contributed by atoms with Crippen LogP contribution in [0.3, 0.4) is 0 Å². The maximum atomic E-state index is 12.2. The number of ether oxygens (including phenoxy) is 2. The zero-order chi connectivity index (χ0) is 19.4. The molecule has 2 atom stereocenters. The summed E-state index contributed by atoms with van der Waals surface area (Å²) in [6, 6.07) is 15.0. The number of fused-ring (bicyclic) bond motifs is 3. The van der Waals surface area contributed by atoms with Gasteiger partial charge in [-0.3, -0.25) is 4.21 Å². The predicted molar refractivity (Wildman–Crippen MR) is 103 cm³/mol. The fourth-order valence-corrected chi connectivity index (χ4v) is 4.02. The largest absolute Gasteiger partial charge is 0.467 e. The summed E-state index contributed by atoms with van der Waals surface area (Å²) in [6.45, 7) is 0.142. The van der Waals surface area contributed by atoms with Crippen molar-refractivity contribution in [3.05, 3.63) is 59.7 Å². The van der Waals surface area contributed by atoms with Gasteiger partial charge in [0.2, 0.25) is 0 Å². The maximum Gasteiger partial charge on any atom is 0.407 e. The van der Waals surface area contributed by atoms with Gasteiger partial charge in [-0.1, -0.05) is 48.5 Å². The average molecular weight is 387 g/mol. The first-order valence-corrected chi connectivity index (χ1v) is 10.2. The van der Waals surface area contributed by atoms with Crippen molar-refractivity contribution in [2.75, 3.05) is 25.7 Å². The fraction of sp³-hybridized carbons (Fsp3) is 0.300. The molecule has 0 saturated heterocycles. The van der Waals surface area contributed by atoms with Gasteiger partial charge >= 0.3 is 12.1 Å². The van der Waals surface area contributed by atoms with Gasteiger partial charge in [0.25, 0.3) is 0 Å². The standard InChI is InChI=1S/C20H21NO5S/c1-25-19(22)18(12-27(2)24)21-20(23)26-11-17-15-9-5-3-7-13(15)14-8-4-6-10-16(14)17/h3-10,17-18H,11-12H2,1-2H3,(H,21,23)/t18-,27?/m0/s1. The molecule has 0 bridgehead atoms. The Bertz CT molecular complexity index is 837. The lowest BCUT2D eigenvalue weighted by molar-refractivity contribution is -0.142. The first-order valence-electron chi connectivity index (χ1n) is 8.50. The molecular weight excluding hydrogens is 366 g/mol. The number of nitrogens with one attached hydrogen (secondary N) is 1. The third-order valence-electron chi connectivity index (χ3n) is 4.52. The number of alkyl carbamates (subject to hydrolysis) is 1. The zero-order valence-corrected chi connectivity index (χ0v) is 16.0. The van der Waals surface area contributed by atoms with E-state index >= 15 is 0 Å². The monoisotopic (exact) mass is 387 g/mol. The molecule has 0 radical (unpaired) electrons. The zero-order valence-electron chi connectivity index (χ0n) is 15.1. The molecule has 7 heteroatoms. The van der Waals surface area contributed by atoms with Crippen LogP contribution in [0.25, 0.3) is 11.1 Å². The molecule has 0 fully saturated rings. The van der Waals surface area contributed by atoms with Crippen LogP contribution >= 0.6 is 0 Å². The summed E-state index contributed by atoms with van der Waals surface area (Å²) >= 11 is 0. The molecule has 2 aromatic rings. The van der Waals surface area contributed by atoms with Gasteiger partial charge in [0.05, 0.1) is 12.9 Å². The van der Waals surface area contributed by atoms with Crippen LogP contribution in [0.1, 0.15) is 17.0 Å². The van der Waals surface area contributed by atoms with E-state index in [4.69, 9.17) is 4.74 Å². The molecular formula is C20H21NO5S. The molecule has 1 amide bonds. The Balaban J connectivity index is 1.70. The fourth-order valence-electron chi connectivity index (χ4n) is 3.33.